The maximum atomic E-state index is 12.6. The highest BCUT2D eigenvalue weighted by atomic mass is 32.2. The van der Waals surface area contributed by atoms with E-state index in [2.05, 4.69) is 6.92 Å². The van der Waals surface area contributed by atoms with E-state index in [1.807, 2.05) is 25.1 Å². The van der Waals surface area contributed by atoms with Gasteiger partial charge in [-0.05, 0) is 42.4 Å². The molecule has 0 radical (unpaired) electrons. The zero-order chi connectivity index (χ0) is 14.8. The van der Waals surface area contributed by atoms with Crippen LogP contribution >= 0.6 is 0 Å². The van der Waals surface area contributed by atoms with Gasteiger partial charge in [0, 0.05) is 6.54 Å². The molecule has 1 fully saturated rings. The highest BCUT2D eigenvalue weighted by molar-refractivity contribution is 7.91. The quantitative estimate of drug-likeness (QED) is 0.929. The molecule has 1 aromatic rings. The van der Waals surface area contributed by atoms with Crippen LogP contribution in [0.1, 0.15) is 49.3 Å². The van der Waals surface area contributed by atoms with Gasteiger partial charge < -0.3 is 5.73 Å². The Morgan fingerprint density at radius 1 is 1.30 bits per heavy atom. The number of benzene rings is 1. The van der Waals surface area contributed by atoms with Crippen molar-refractivity contribution in [2.24, 2.45) is 11.7 Å². The van der Waals surface area contributed by atoms with E-state index < -0.39 is 9.84 Å². The van der Waals surface area contributed by atoms with E-state index in [1.165, 1.54) is 0 Å². The second-order valence-corrected chi connectivity index (χ2v) is 8.45. The smallest absolute Gasteiger partial charge is 0.157 e. The molecule has 2 N–H and O–H groups in total. The van der Waals surface area contributed by atoms with E-state index in [-0.39, 0.29) is 11.0 Å². The predicted molar refractivity (Wildman–Crippen MR) is 83.1 cm³/mol. The fourth-order valence-electron chi connectivity index (χ4n) is 3.09. The molecule has 2 unspecified atom stereocenters. The SMILES string of the molecule is Cc1cc(CN)ccc1CS(=O)(=O)C1CCCC(C)C1. The Kier molecular flexibility index (Phi) is 4.86. The monoisotopic (exact) mass is 295 g/mol. The molecule has 112 valence electrons. The molecular formula is C16H25NO2S. The molecule has 0 aliphatic heterocycles. The normalized spacial score (nSPS) is 23.8. The molecular weight excluding hydrogens is 270 g/mol. The van der Waals surface area contributed by atoms with Gasteiger partial charge in [-0.3, -0.25) is 0 Å². The highest BCUT2D eigenvalue weighted by Gasteiger charge is 2.30. The van der Waals surface area contributed by atoms with Crippen molar-refractivity contribution in [3.63, 3.8) is 0 Å². The van der Waals surface area contributed by atoms with Crippen molar-refractivity contribution in [3.8, 4) is 0 Å². The van der Waals surface area contributed by atoms with E-state index in [4.69, 9.17) is 5.73 Å². The zero-order valence-electron chi connectivity index (χ0n) is 12.4. The summed E-state index contributed by atoms with van der Waals surface area (Å²) in [7, 11) is -3.04. The minimum absolute atomic E-state index is 0.153. The number of nitrogens with two attached hydrogens (primary N) is 1. The Morgan fingerprint density at radius 2 is 2.05 bits per heavy atom. The first-order valence-electron chi connectivity index (χ1n) is 7.42. The fourth-order valence-corrected chi connectivity index (χ4v) is 5.23. The number of aryl methyl sites for hydroxylation is 1. The van der Waals surface area contributed by atoms with Gasteiger partial charge in [-0.15, -0.1) is 0 Å². The van der Waals surface area contributed by atoms with E-state index in [9.17, 15) is 8.42 Å². The average Bonchev–Trinajstić information content (AvgIpc) is 2.41. The molecule has 0 heterocycles. The van der Waals surface area contributed by atoms with Crippen LogP contribution in [0.3, 0.4) is 0 Å². The minimum atomic E-state index is -3.04. The molecule has 0 amide bonds. The average molecular weight is 295 g/mol. The summed E-state index contributed by atoms with van der Waals surface area (Å²) in [5, 5.41) is -0.153. The van der Waals surface area contributed by atoms with Crippen LogP contribution in [0, 0.1) is 12.8 Å². The maximum absolute atomic E-state index is 12.6. The second-order valence-electron chi connectivity index (χ2n) is 6.17. The lowest BCUT2D eigenvalue weighted by molar-refractivity contribution is 0.382. The van der Waals surface area contributed by atoms with Crippen molar-refractivity contribution in [1.82, 2.24) is 0 Å². The molecule has 1 saturated carbocycles. The van der Waals surface area contributed by atoms with E-state index >= 15 is 0 Å². The summed E-state index contributed by atoms with van der Waals surface area (Å²) in [6.45, 7) is 4.62. The maximum Gasteiger partial charge on any atom is 0.157 e. The number of rotatable bonds is 4. The van der Waals surface area contributed by atoms with Crippen molar-refractivity contribution in [3.05, 3.63) is 34.9 Å². The lowest BCUT2D eigenvalue weighted by Gasteiger charge is -2.26. The van der Waals surface area contributed by atoms with Gasteiger partial charge in [0.25, 0.3) is 0 Å². The molecule has 0 saturated heterocycles. The van der Waals surface area contributed by atoms with Gasteiger partial charge in [0.2, 0.25) is 0 Å². The van der Waals surface area contributed by atoms with Crippen molar-refractivity contribution < 1.29 is 8.42 Å². The van der Waals surface area contributed by atoms with Gasteiger partial charge in [-0.25, -0.2) is 8.42 Å². The highest BCUT2D eigenvalue weighted by Crippen LogP contribution is 2.30. The predicted octanol–water partition coefficient (Wildman–Crippen LogP) is 2.95. The number of hydrogen-bond acceptors (Lipinski definition) is 3. The first kappa shape index (κ1) is 15.5. The minimum Gasteiger partial charge on any atom is -0.326 e. The number of sulfone groups is 1. The van der Waals surface area contributed by atoms with Crippen LogP contribution in [0.15, 0.2) is 18.2 Å². The molecule has 3 nitrogen and oxygen atoms in total. The van der Waals surface area contributed by atoms with Gasteiger partial charge >= 0.3 is 0 Å². The first-order valence-corrected chi connectivity index (χ1v) is 9.14. The summed E-state index contributed by atoms with van der Waals surface area (Å²) in [6, 6.07) is 5.84. The van der Waals surface area contributed by atoms with Crippen LogP contribution in [0.25, 0.3) is 0 Å². The summed E-state index contributed by atoms with van der Waals surface area (Å²) < 4.78 is 25.2. The van der Waals surface area contributed by atoms with Crippen LogP contribution in [0.2, 0.25) is 0 Å². The third-order valence-corrected chi connectivity index (χ3v) is 6.55. The van der Waals surface area contributed by atoms with E-state index in [1.54, 1.807) is 0 Å². The van der Waals surface area contributed by atoms with Crippen molar-refractivity contribution in [2.45, 2.75) is 57.1 Å². The van der Waals surface area contributed by atoms with Crippen LogP contribution in [-0.2, 0) is 22.1 Å². The van der Waals surface area contributed by atoms with Crippen molar-refractivity contribution in [1.29, 1.82) is 0 Å². The van der Waals surface area contributed by atoms with Crippen LogP contribution in [0.4, 0.5) is 0 Å². The summed E-state index contributed by atoms with van der Waals surface area (Å²) in [4.78, 5) is 0. The molecule has 0 spiro atoms. The fraction of sp³-hybridized carbons (Fsp3) is 0.625. The van der Waals surface area contributed by atoms with Gasteiger partial charge in [-0.1, -0.05) is 38.0 Å². The third kappa shape index (κ3) is 3.61. The molecule has 4 heteroatoms. The van der Waals surface area contributed by atoms with Crippen LogP contribution < -0.4 is 5.73 Å². The largest absolute Gasteiger partial charge is 0.326 e. The second kappa shape index (κ2) is 6.27. The molecule has 2 atom stereocenters. The van der Waals surface area contributed by atoms with Crippen LogP contribution in [-0.4, -0.2) is 13.7 Å². The molecule has 1 aliphatic rings. The first-order chi connectivity index (χ1) is 9.42. The Hall–Kier alpha value is -0.870. The Bertz CT molecular complexity index is 566. The van der Waals surface area contributed by atoms with Crippen molar-refractivity contribution in [2.75, 3.05) is 0 Å². The van der Waals surface area contributed by atoms with Gasteiger partial charge in [-0.2, -0.15) is 0 Å². The summed E-state index contributed by atoms with van der Waals surface area (Å²) in [5.74, 6) is 0.699. The van der Waals surface area contributed by atoms with Gasteiger partial charge in [0.15, 0.2) is 9.84 Å². The lowest BCUT2D eigenvalue weighted by atomic mass is 9.91. The van der Waals surface area contributed by atoms with Crippen LogP contribution in [0.5, 0.6) is 0 Å². The van der Waals surface area contributed by atoms with E-state index in [0.29, 0.717) is 12.5 Å². The molecule has 20 heavy (non-hydrogen) atoms. The summed E-state index contributed by atoms with van der Waals surface area (Å²) in [5.41, 5.74) is 8.61. The topological polar surface area (TPSA) is 60.2 Å². The van der Waals surface area contributed by atoms with Gasteiger partial charge in [0.05, 0.1) is 11.0 Å². The molecule has 2 rings (SSSR count). The Balaban J connectivity index is 2.15. The zero-order valence-corrected chi connectivity index (χ0v) is 13.2. The molecule has 1 aromatic carbocycles. The molecule has 0 aromatic heterocycles. The van der Waals surface area contributed by atoms with E-state index in [0.717, 1.165) is 42.4 Å². The lowest BCUT2D eigenvalue weighted by Crippen LogP contribution is -2.28. The van der Waals surface area contributed by atoms with Gasteiger partial charge in [0.1, 0.15) is 0 Å². The third-order valence-electron chi connectivity index (χ3n) is 4.40. The Labute approximate surface area is 122 Å². The molecule has 1 aliphatic carbocycles. The Morgan fingerprint density at radius 3 is 2.65 bits per heavy atom. The molecule has 0 bridgehead atoms. The van der Waals surface area contributed by atoms with Crippen molar-refractivity contribution >= 4 is 9.84 Å². The standard InChI is InChI=1S/C16H25NO2S/c1-12-4-3-5-16(8-12)20(18,19)11-15-7-6-14(10-17)9-13(15)2/h6-7,9,12,16H,3-5,8,10-11,17H2,1-2H3. The summed E-state index contributed by atoms with van der Waals surface area (Å²) in [6.07, 6.45) is 3.85. The summed E-state index contributed by atoms with van der Waals surface area (Å²) >= 11 is 0. The number of hydrogen-bond donors (Lipinski definition) is 1.